The topological polar surface area (TPSA) is 41.0 Å². The van der Waals surface area contributed by atoms with Crippen molar-refractivity contribution < 1.29 is 0 Å². The lowest BCUT2D eigenvalue weighted by Gasteiger charge is -2.27. The number of aryl methyl sites for hydroxylation is 1. The summed E-state index contributed by atoms with van der Waals surface area (Å²) in [5, 5.41) is 4.88. The number of fused-ring (bicyclic) bond motifs is 1. The molecule has 4 rings (SSSR count). The quantitative estimate of drug-likeness (QED) is 0.922. The number of nitrogens with one attached hydrogen (secondary N) is 1. The molecule has 0 spiro atoms. The van der Waals surface area contributed by atoms with Crippen LogP contribution in [0.4, 0.5) is 5.82 Å². The molecular weight excluding hydrogens is 280 g/mol. The summed E-state index contributed by atoms with van der Waals surface area (Å²) in [7, 11) is 0. The third-order valence-electron chi connectivity index (χ3n) is 4.55. The molecular formula is C16H22N4S. The Labute approximate surface area is 129 Å². The van der Waals surface area contributed by atoms with Crippen LogP contribution in [0.2, 0.25) is 0 Å². The summed E-state index contributed by atoms with van der Waals surface area (Å²) in [6, 6.07) is 3.61. The minimum Gasteiger partial charge on any atom is -0.351 e. The van der Waals surface area contributed by atoms with Crippen molar-refractivity contribution in [1.82, 2.24) is 15.3 Å². The van der Waals surface area contributed by atoms with Crippen molar-refractivity contribution in [2.24, 2.45) is 0 Å². The molecule has 0 amide bonds. The molecule has 1 N–H and O–H groups in total. The van der Waals surface area contributed by atoms with E-state index in [0.717, 1.165) is 23.6 Å². The Balaban J connectivity index is 1.69. The number of rotatable bonds is 5. The predicted octanol–water partition coefficient (Wildman–Crippen LogP) is 2.97. The van der Waals surface area contributed by atoms with Gasteiger partial charge >= 0.3 is 0 Å². The van der Waals surface area contributed by atoms with Crippen molar-refractivity contribution in [2.75, 3.05) is 18.0 Å². The fourth-order valence-electron chi connectivity index (χ4n) is 3.24. The number of hydrogen-bond donors (Lipinski definition) is 1. The van der Waals surface area contributed by atoms with Gasteiger partial charge in [0.15, 0.2) is 0 Å². The zero-order valence-electron chi connectivity index (χ0n) is 12.5. The van der Waals surface area contributed by atoms with E-state index < -0.39 is 0 Å². The maximum absolute atomic E-state index is 4.65. The van der Waals surface area contributed by atoms with Crippen LogP contribution in [0, 0.1) is 0 Å². The van der Waals surface area contributed by atoms with Crippen molar-refractivity contribution in [2.45, 2.75) is 51.1 Å². The zero-order valence-corrected chi connectivity index (χ0v) is 13.3. The smallest absolute Gasteiger partial charge is 0.141 e. The number of aromatic nitrogens is 2. The highest BCUT2D eigenvalue weighted by Crippen LogP contribution is 2.37. The summed E-state index contributed by atoms with van der Waals surface area (Å²) in [6.45, 7) is 4.47. The SMILES string of the molecule is CCc1cc2c(N(CC3CCCN3)C3CC3)ncnc2s1. The molecule has 2 aromatic rings. The first-order valence-electron chi connectivity index (χ1n) is 8.08. The van der Waals surface area contributed by atoms with Gasteiger partial charge in [-0.05, 0) is 44.7 Å². The maximum Gasteiger partial charge on any atom is 0.141 e. The predicted molar refractivity (Wildman–Crippen MR) is 88.2 cm³/mol. The molecule has 1 saturated heterocycles. The van der Waals surface area contributed by atoms with Crippen LogP contribution in [0.15, 0.2) is 12.4 Å². The average Bonchev–Trinajstić information content (AvgIpc) is 3.05. The van der Waals surface area contributed by atoms with Crippen LogP contribution in [0.1, 0.15) is 37.5 Å². The van der Waals surface area contributed by atoms with Gasteiger partial charge in [-0.2, -0.15) is 0 Å². The molecule has 112 valence electrons. The highest BCUT2D eigenvalue weighted by molar-refractivity contribution is 7.18. The summed E-state index contributed by atoms with van der Waals surface area (Å²) in [5.41, 5.74) is 0. The Bertz CT molecular complexity index is 628. The van der Waals surface area contributed by atoms with E-state index in [9.17, 15) is 0 Å². The van der Waals surface area contributed by atoms with Gasteiger partial charge < -0.3 is 10.2 Å². The van der Waals surface area contributed by atoms with E-state index in [1.54, 1.807) is 6.33 Å². The van der Waals surface area contributed by atoms with E-state index in [1.807, 2.05) is 11.3 Å². The lowest BCUT2D eigenvalue weighted by molar-refractivity contribution is 0.576. The fraction of sp³-hybridized carbons (Fsp3) is 0.625. The summed E-state index contributed by atoms with van der Waals surface area (Å²) in [5.74, 6) is 1.16. The lowest BCUT2D eigenvalue weighted by atomic mass is 10.2. The first-order chi connectivity index (χ1) is 10.3. The van der Waals surface area contributed by atoms with Crippen molar-refractivity contribution in [3.05, 3.63) is 17.3 Å². The molecule has 0 radical (unpaired) electrons. The normalized spacial score (nSPS) is 22.0. The molecule has 0 bridgehead atoms. The van der Waals surface area contributed by atoms with E-state index in [4.69, 9.17) is 0 Å². The highest BCUT2D eigenvalue weighted by Gasteiger charge is 2.33. The standard InChI is InChI=1S/C16H22N4S/c1-2-13-8-14-15(18-10-19-16(14)21-13)20(12-5-6-12)9-11-4-3-7-17-11/h8,10-12,17H,2-7,9H2,1H3. The molecule has 5 heteroatoms. The molecule has 2 fully saturated rings. The molecule has 21 heavy (non-hydrogen) atoms. The Hall–Kier alpha value is -1.20. The molecule has 2 aliphatic rings. The van der Waals surface area contributed by atoms with Crippen LogP contribution in [0.3, 0.4) is 0 Å². The van der Waals surface area contributed by atoms with Crippen LogP contribution >= 0.6 is 11.3 Å². The molecule has 4 nitrogen and oxygen atoms in total. The number of anilines is 1. The van der Waals surface area contributed by atoms with E-state index in [1.165, 1.54) is 42.5 Å². The Morgan fingerprint density at radius 2 is 2.24 bits per heavy atom. The lowest BCUT2D eigenvalue weighted by Crippen LogP contribution is -2.39. The molecule has 1 aliphatic heterocycles. The van der Waals surface area contributed by atoms with E-state index in [0.29, 0.717) is 12.1 Å². The Morgan fingerprint density at radius 1 is 1.33 bits per heavy atom. The van der Waals surface area contributed by atoms with Gasteiger partial charge in [0, 0.05) is 23.5 Å². The zero-order chi connectivity index (χ0) is 14.2. The van der Waals surface area contributed by atoms with Gasteiger partial charge in [0.1, 0.15) is 17.0 Å². The summed E-state index contributed by atoms with van der Waals surface area (Å²) in [4.78, 5) is 14.2. The Kier molecular flexibility index (Phi) is 3.55. The van der Waals surface area contributed by atoms with Gasteiger partial charge in [0.2, 0.25) is 0 Å². The Morgan fingerprint density at radius 3 is 2.95 bits per heavy atom. The minimum atomic E-state index is 0.625. The first kappa shape index (κ1) is 13.5. The first-order valence-corrected chi connectivity index (χ1v) is 8.90. The van der Waals surface area contributed by atoms with Crippen LogP contribution in [0.25, 0.3) is 10.2 Å². The van der Waals surface area contributed by atoms with Crippen LogP contribution in [-0.2, 0) is 6.42 Å². The van der Waals surface area contributed by atoms with Crippen molar-refractivity contribution in [3.63, 3.8) is 0 Å². The van der Waals surface area contributed by atoms with Crippen LogP contribution < -0.4 is 10.2 Å². The minimum absolute atomic E-state index is 0.625. The number of thiophene rings is 1. The number of nitrogens with zero attached hydrogens (tertiary/aromatic N) is 3. The largest absolute Gasteiger partial charge is 0.351 e. The van der Waals surface area contributed by atoms with Crippen molar-refractivity contribution in [1.29, 1.82) is 0 Å². The molecule has 1 atom stereocenters. The van der Waals surface area contributed by atoms with Gasteiger partial charge in [-0.15, -0.1) is 11.3 Å². The van der Waals surface area contributed by atoms with Crippen LogP contribution in [0.5, 0.6) is 0 Å². The molecule has 3 heterocycles. The van der Waals surface area contributed by atoms with Crippen molar-refractivity contribution >= 4 is 27.4 Å². The molecule has 1 aliphatic carbocycles. The fourth-order valence-corrected chi connectivity index (χ4v) is 4.17. The van der Waals surface area contributed by atoms with Gasteiger partial charge in [-0.1, -0.05) is 6.92 Å². The van der Waals surface area contributed by atoms with Gasteiger partial charge in [0.05, 0.1) is 5.39 Å². The summed E-state index contributed by atoms with van der Waals surface area (Å²) >= 11 is 1.81. The average molecular weight is 302 g/mol. The summed E-state index contributed by atoms with van der Waals surface area (Å²) < 4.78 is 0. The third kappa shape index (κ3) is 2.64. The maximum atomic E-state index is 4.65. The van der Waals surface area contributed by atoms with E-state index >= 15 is 0 Å². The second kappa shape index (κ2) is 5.54. The third-order valence-corrected chi connectivity index (χ3v) is 5.73. The van der Waals surface area contributed by atoms with Crippen LogP contribution in [-0.4, -0.2) is 35.1 Å². The second-order valence-electron chi connectivity index (χ2n) is 6.16. The summed E-state index contributed by atoms with van der Waals surface area (Å²) in [6.07, 6.45) is 8.03. The van der Waals surface area contributed by atoms with Gasteiger partial charge in [0.25, 0.3) is 0 Å². The molecule has 1 saturated carbocycles. The second-order valence-corrected chi connectivity index (χ2v) is 7.27. The van der Waals surface area contributed by atoms with E-state index in [-0.39, 0.29) is 0 Å². The van der Waals surface area contributed by atoms with Gasteiger partial charge in [-0.3, -0.25) is 0 Å². The van der Waals surface area contributed by atoms with E-state index in [2.05, 4.69) is 33.2 Å². The van der Waals surface area contributed by atoms with Crippen molar-refractivity contribution in [3.8, 4) is 0 Å². The molecule has 0 aromatic carbocycles. The monoisotopic (exact) mass is 302 g/mol. The molecule has 2 aromatic heterocycles. The highest BCUT2D eigenvalue weighted by atomic mass is 32.1. The number of hydrogen-bond acceptors (Lipinski definition) is 5. The van der Waals surface area contributed by atoms with Gasteiger partial charge in [-0.25, -0.2) is 9.97 Å². The molecule has 1 unspecified atom stereocenters.